The van der Waals surface area contributed by atoms with Gasteiger partial charge in [0.25, 0.3) is 5.91 Å². The fourth-order valence-electron chi connectivity index (χ4n) is 6.40. The molecule has 2 fully saturated rings. The molecule has 0 radical (unpaired) electrons. The number of carboxylic acid groups (broad SMARTS) is 1. The van der Waals surface area contributed by atoms with E-state index in [1.165, 1.54) is 7.11 Å². The molecule has 9 nitrogen and oxygen atoms in total. The van der Waals surface area contributed by atoms with Crippen molar-refractivity contribution in [2.45, 2.75) is 51.6 Å². The van der Waals surface area contributed by atoms with Crippen LogP contribution in [0.2, 0.25) is 0 Å². The zero-order valence-electron chi connectivity index (χ0n) is 23.2. The highest BCUT2D eigenvalue weighted by atomic mass is 16.5. The molecule has 208 valence electrons. The normalized spacial score (nSPS) is 21.7. The molecule has 0 saturated heterocycles. The van der Waals surface area contributed by atoms with Gasteiger partial charge in [-0.05, 0) is 68.7 Å². The lowest BCUT2D eigenvalue weighted by Gasteiger charge is -2.56. The Morgan fingerprint density at radius 3 is 2.56 bits per heavy atom. The zero-order chi connectivity index (χ0) is 28.7. The number of fused-ring (bicyclic) bond motifs is 1. The summed E-state index contributed by atoms with van der Waals surface area (Å²) in [6.07, 6.45) is 6.51. The molecule has 41 heavy (non-hydrogen) atoms. The van der Waals surface area contributed by atoms with Crippen LogP contribution in [0.25, 0.3) is 22.2 Å². The van der Waals surface area contributed by atoms with Gasteiger partial charge in [-0.2, -0.15) is 10.1 Å². The Morgan fingerprint density at radius 1 is 1.12 bits per heavy atom. The predicted octanol–water partition coefficient (Wildman–Crippen LogP) is 4.86. The molecule has 2 aromatic heterocycles. The molecule has 2 aliphatic carbocycles. The van der Waals surface area contributed by atoms with Gasteiger partial charge in [-0.25, -0.2) is 4.98 Å². The van der Waals surface area contributed by atoms with Gasteiger partial charge in [0.2, 0.25) is 0 Å². The first-order valence-corrected chi connectivity index (χ1v) is 13.7. The van der Waals surface area contributed by atoms with Crippen LogP contribution < -0.4 is 10.1 Å². The largest absolute Gasteiger partial charge is 0.481 e. The first-order valence-electron chi connectivity index (χ1n) is 13.7. The number of nitrogens with zero attached hydrogens (tertiary/aromatic N) is 4. The van der Waals surface area contributed by atoms with E-state index in [2.05, 4.69) is 34.0 Å². The lowest BCUT2D eigenvalue weighted by molar-refractivity contribution is -0.155. The number of hydrogen-bond donors (Lipinski definition) is 2. The second kappa shape index (κ2) is 10.4. The summed E-state index contributed by atoms with van der Waals surface area (Å²) < 4.78 is 7.04. The smallest absolute Gasteiger partial charge is 0.316 e. The molecular weight excluding hydrogens is 518 g/mol. The Morgan fingerprint density at radius 2 is 1.88 bits per heavy atom. The summed E-state index contributed by atoms with van der Waals surface area (Å²) in [4.78, 5) is 33.3. The van der Waals surface area contributed by atoms with Gasteiger partial charge in [-0.15, -0.1) is 5.92 Å². The van der Waals surface area contributed by atoms with Gasteiger partial charge in [0.05, 0.1) is 42.0 Å². The lowest BCUT2D eigenvalue weighted by atomic mass is 9.50. The van der Waals surface area contributed by atoms with Crippen molar-refractivity contribution in [2.24, 2.45) is 11.3 Å². The molecule has 0 unspecified atom stereocenters. The molecule has 1 amide bonds. The minimum absolute atomic E-state index is 0.0455. The van der Waals surface area contributed by atoms with E-state index in [9.17, 15) is 14.7 Å². The summed E-state index contributed by atoms with van der Waals surface area (Å²) in [5.74, 6) is 4.99. The summed E-state index contributed by atoms with van der Waals surface area (Å²) in [6, 6.07) is 13.8. The van der Waals surface area contributed by atoms with Gasteiger partial charge in [-0.3, -0.25) is 14.3 Å². The highest BCUT2D eigenvalue weighted by Gasteiger charge is 2.55. The molecule has 4 aromatic rings. The van der Waals surface area contributed by atoms with Gasteiger partial charge in [-0.1, -0.05) is 30.2 Å². The molecular formula is C32H31N5O4. The summed E-state index contributed by atoms with van der Waals surface area (Å²) in [5, 5.41) is 18.0. The van der Waals surface area contributed by atoms with Crippen LogP contribution in [0.15, 0.2) is 54.9 Å². The second-order valence-corrected chi connectivity index (χ2v) is 11.1. The monoisotopic (exact) mass is 549 g/mol. The Balaban J connectivity index is 1.26. The van der Waals surface area contributed by atoms with Crippen molar-refractivity contribution in [3.63, 3.8) is 0 Å². The third-order valence-corrected chi connectivity index (χ3v) is 8.54. The van der Waals surface area contributed by atoms with Gasteiger partial charge >= 0.3 is 12.0 Å². The van der Waals surface area contributed by atoms with Crippen LogP contribution in [0.5, 0.6) is 6.01 Å². The van der Waals surface area contributed by atoms with Crippen LogP contribution in [0, 0.1) is 23.2 Å². The van der Waals surface area contributed by atoms with Crippen molar-refractivity contribution in [2.75, 3.05) is 7.11 Å². The van der Waals surface area contributed by atoms with Crippen molar-refractivity contribution < 1.29 is 19.4 Å². The minimum Gasteiger partial charge on any atom is -0.481 e. The quantitative estimate of drug-likeness (QED) is 0.316. The summed E-state index contributed by atoms with van der Waals surface area (Å²) in [7, 11) is 1.54. The van der Waals surface area contributed by atoms with E-state index in [1.807, 2.05) is 47.1 Å². The number of nitrogens with one attached hydrogen (secondary N) is 1. The number of carbonyl (C=O) groups is 2. The molecule has 9 heteroatoms. The summed E-state index contributed by atoms with van der Waals surface area (Å²) >= 11 is 0. The number of carboxylic acids is 1. The Labute approximate surface area is 238 Å². The van der Waals surface area contributed by atoms with E-state index in [1.54, 1.807) is 19.3 Å². The number of benzene rings is 2. The van der Waals surface area contributed by atoms with Crippen LogP contribution in [0.3, 0.4) is 0 Å². The number of ether oxygens (including phenoxy) is 1. The average Bonchev–Trinajstić information content (AvgIpc) is 3.39. The van der Waals surface area contributed by atoms with E-state index in [0.29, 0.717) is 24.4 Å². The molecule has 1 spiro atoms. The average molecular weight is 550 g/mol. The van der Waals surface area contributed by atoms with E-state index in [4.69, 9.17) is 9.84 Å². The fourth-order valence-corrected chi connectivity index (χ4v) is 6.40. The van der Waals surface area contributed by atoms with E-state index in [0.717, 1.165) is 46.1 Å². The molecule has 2 saturated carbocycles. The van der Waals surface area contributed by atoms with E-state index in [-0.39, 0.29) is 29.3 Å². The van der Waals surface area contributed by atoms with Crippen LogP contribution in [-0.2, 0) is 4.79 Å². The summed E-state index contributed by atoms with van der Waals surface area (Å²) in [5.41, 5.74) is 4.92. The number of carbonyl (C=O) groups excluding carboxylic acids is 1. The van der Waals surface area contributed by atoms with Crippen molar-refractivity contribution in [3.8, 4) is 29.1 Å². The number of aliphatic carboxylic acids is 1. The first-order chi connectivity index (χ1) is 19.8. The van der Waals surface area contributed by atoms with Gasteiger partial charge < -0.3 is 15.2 Å². The number of hydrogen-bond acceptors (Lipinski definition) is 6. The number of aromatic nitrogens is 4. The topological polar surface area (TPSA) is 119 Å². The number of methoxy groups -OCH3 is 1. The van der Waals surface area contributed by atoms with Gasteiger partial charge in [0.15, 0.2) is 0 Å². The van der Waals surface area contributed by atoms with Crippen molar-refractivity contribution >= 4 is 22.8 Å². The predicted molar refractivity (Wildman–Crippen MR) is 153 cm³/mol. The zero-order valence-corrected chi connectivity index (χ0v) is 23.2. The molecule has 1 atom stereocenters. The fraction of sp³-hybridized carbons (Fsp3) is 0.344. The maximum atomic E-state index is 13.6. The maximum Gasteiger partial charge on any atom is 0.316 e. The van der Waals surface area contributed by atoms with Crippen LogP contribution >= 0.6 is 0 Å². The molecule has 2 aromatic carbocycles. The Kier molecular flexibility index (Phi) is 6.70. The van der Waals surface area contributed by atoms with Crippen LogP contribution in [-0.4, -0.2) is 49.9 Å². The molecule has 6 rings (SSSR count). The first kappa shape index (κ1) is 26.5. The summed E-state index contributed by atoms with van der Waals surface area (Å²) in [6.45, 7) is 3.84. The number of rotatable bonds is 7. The molecule has 0 bridgehead atoms. The SMILES string of the molecule is CC#Cc1ccc(C(=O)NC2CC3(C2)CC(C(=O)O)C3)c2c1cnn2[C@H](C)c1ccc(-c2ccnc(OC)n2)cc1. The van der Waals surface area contributed by atoms with Crippen molar-refractivity contribution in [1.82, 2.24) is 25.1 Å². The highest BCUT2D eigenvalue weighted by molar-refractivity contribution is 6.07. The van der Waals surface area contributed by atoms with E-state index >= 15 is 0 Å². The molecule has 2 N–H and O–H groups in total. The van der Waals surface area contributed by atoms with Crippen molar-refractivity contribution in [1.29, 1.82) is 0 Å². The Bertz CT molecular complexity index is 1700. The molecule has 2 aliphatic rings. The number of amides is 1. The van der Waals surface area contributed by atoms with Crippen LogP contribution in [0.4, 0.5) is 0 Å². The maximum absolute atomic E-state index is 13.6. The lowest BCUT2D eigenvalue weighted by Crippen LogP contribution is -2.57. The van der Waals surface area contributed by atoms with Gasteiger partial charge in [0, 0.05) is 28.8 Å². The molecule has 0 aliphatic heterocycles. The van der Waals surface area contributed by atoms with Crippen LogP contribution in [0.1, 0.15) is 67.1 Å². The van der Waals surface area contributed by atoms with E-state index < -0.39 is 5.97 Å². The van der Waals surface area contributed by atoms with Gasteiger partial charge in [0.1, 0.15) is 0 Å². The molecule has 2 heterocycles. The third-order valence-electron chi connectivity index (χ3n) is 8.54. The Hall–Kier alpha value is -4.71. The standard InChI is InChI=1S/C32H31N5O4/c1-4-5-21-10-11-25(29(38)35-24-16-32(17-24)14-23(15-32)30(39)40)28-26(21)18-34-37(28)19(2)20-6-8-22(9-7-20)27-12-13-33-31(36-27)41-3/h6-13,18-19,23-24H,14-17H2,1-3H3,(H,35,38)(H,39,40)/t19-,23?,24?,32?/m1/s1. The minimum atomic E-state index is -0.716. The second-order valence-electron chi connectivity index (χ2n) is 11.1. The van der Waals surface area contributed by atoms with Crippen molar-refractivity contribution in [3.05, 3.63) is 71.5 Å². The third kappa shape index (κ3) is 4.80. The highest BCUT2D eigenvalue weighted by Crippen LogP contribution is 2.58.